The monoisotopic (exact) mass is 298 g/mol. The van der Waals surface area contributed by atoms with Crippen molar-refractivity contribution in [3.8, 4) is 0 Å². The summed E-state index contributed by atoms with van der Waals surface area (Å²) >= 11 is 5.39. The molecule has 1 rings (SSSR count). The second-order valence-electron chi connectivity index (χ2n) is 1.57. The zero-order valence-corrected chi connectivity index (χ0v) is 8.47. The van der Waals surface area contributed by atoms with Crippen LogP contribution in [0.25, 0.3) is 0 Å². The Bertz CT molecular complexity index is 226. The van der Waals surface area contributed by atoms with Crippen LogP contribution in [0.2, 0.25) is 0 Å². The van der Waals surface area contributed by atoms with E-state index in [1.165, 1.54) is 0 Å². The van der Waals surface area contributed by atoms with Gasteiger partial charge in [0.1, 0.15) is 8.30 Å². The van der Waals surface area contributed by atoms with Crippen molar-refractivity contribution in [1.82, 2.24) is 9.97 Å². The van der Waals surface area contributed by atoms with Crippen LogP contribution in [0, 0.1) is 10.6 Å². The topological polar surface area (TPSA) is 25.8 Å². The SMILES string of the molecule is Cc1ncc(I)nc1Br. The fourth-order valence-corrected chi connectivity index (χ4v) is 1.41. The maximum absolute atomic E-state index is 4.11. The van der Waals surface area contributed by atoms with Gasteiger partial charge in [-0.1, -0.05) is 0 Å². The van der Waals surface area contributed by atoms with E-state index in [4.69, 9.17) is 0 Å². The fraction of sp³-hybridized carbons (Fsp3) is 0.200. The predicted octanol–water partition coefficient (Wildman–Crippen LogP) is 2.15. The highest BCUT2D eigenvalue weighted by atomic mass is 127. The molecule has 48 valence electrons. The predicted molar refractivity (Wildman–Crippen MR) is 47.2 cm³/mol. The van der Waals surface area contributed by atoms with Crippen LogP contribution >= 0.6 is 38.5 Å². The number of halogens is 2. The molecule has 0 amide bonds. The summed E-state index contributed by atoms with van der Waals surface area (Å²) in [4.78, 5) is 8.18. The largest absolute Gasteiger partial charge is 0.256 e. The number of nitrogens with zero attached hydrogens (tertiary/aromatic N) is 2. The second kappa shape index (κ2) is 2.92. The normalized spacial score (nSPS) is 9.67. The molecule has 0 fully saturated rings. The van der Waals surface area contributed by atoms with Crippen molar-refractivity contribution in [2.75, 3.05) is 0 Å². The fourth-order valence-electron chi connectivity index (χ4n) is 0.407. The summed E-state index contributed by atoms with van der Waals surface area (Å²) in [5.74, 6) is 0. The van der Waals surface area contributed by atoms with Gasteiger partial charge in [0.15, 0.2) is 0 Å². The van der Waals surface area contributed by atoms with E-state index in [0.717, 1.165) is 14.0 Å². The summed E-state index contributed by atoms with van der Waals surface area (Å²) in [5, 5.41) is 0. The van der Waals surface area contributed by atoms with Crippen molar-refractivity contribution in [2.45, 2.75) is 6.92 Å². The Kier molecular flexibility index (Phi) is 2.40. The minimum atomic E-state index is 0.828. The van der Waals surface area contributed by atoms with E-state index >= 15 is 0 Å². The molecule has 0 N–H and O–H groups in total. The van der Waals surface area contributed by atoms with Gasteiger partial charge in [-0.2, -0.15) is 0 Å². The molecule has 0 saturated carbocycles. The van der Waals surface area contributed by atoms with Crippen LogP contribution < -0.4 is 0 Å². The lowest BCUT2D eigenvalue weighted by atomic mass is 10.5. The van der Waals surface area contributed by atoms with Crippen molar-refractivity contribution < 1.29 is 0 Å². The van der Waals surface area contributed by atoms with Crippen molar-refractivity contribution >= 4 is 38.5 Å². The van der Waals surface area contributed by atoms with Gasteiger partial charge in [-0.05, 0) is 45.4 Å². The number of aryl methyl sites for hydroxylation is 1. The minimum absolute atomic E-state index is 0.828. The number of rotatable bonds is 0. The highest BCUT2D eigenvalue weighted by Crippen LogP contribution is 2.10. The average Bonchev–Trinajstić information content (AvgIpc) is 1.80. The molecule has 0 atom stereocenters. The van der Waals surface area contributed by atoms with Gasteiger partial charge in [0.05, 0.1) is 11.9 Å². The van der Waals surface area contributed by atoms with E-state index < -0.39 is 0 Å². The molecule has 9 heavy (non-hydrogen) atoms. The molecular weight excluding hydrogens is 295 g/mol. The first-order chi connectivity index (χ1) is 4.20. The lowest BCUT2D eigenvalue weighted by molar-refractivity contribution is 1.06. The number of hydrogen-bond donors (Lipinski definition) is 0. The Balaban J connectivity index is 3.17. The van der Waals surface area contributed by atoms with E-state index in [0.29, 0.717) is 0 Å². The Morgan fingerprint density at radius 2 is 2.33 bits per heavy atom. The first-order valence-corrected chi connectivity index (χ1v) is 4.22. The molecule has 0 aliphatic carbocycles. The van der Waals surface area contributed by atoms with Crippen LogP contribution in [-0.2, 0) is 0 Å². The highest BCUT2D eigenvalue weighted by molar-refractivity contribution is 14.1. The summed E-state index contributed by atoms with van der Waals surface area (Å²) in [6.07, 6.45) is 1.74. The summed E-state index contributed by atoms with van der Waals surface area (Å²) < 4.78 is 1.74. The summed E-state index contributed by atoms with van der Waals surface area (Å²) in [6, 6.07) is 0. The second-order valence-corrected chi connectivity index (χ2v) is 3.43. The standard InChI is InChI=1S/C5H4BrIN2/c1-3-5(6)9-4(7)2-8-3/h2H,1H3. The Hall–Kier alpha value is 0.290. The minimum Gasteiger partial charge on any atom is -0.256 e. The van der Waals surface area contributed by atoms with Crippen molar-refractivity contribution in [3.05, 3.63) is 20.2 Å². The molecule has 1 aromatic rings. The molecule has 0 bridgehead atoms. The molecule has 0 unspecified atom stereocenters. The molecule has 0 spiro atoms. The van der Waals surface area contributed by atoms with E-state index in [1.54, 1.807) is 6.20 Å². The third-order valence-corrected chi connectivity index (χ3v) is 2.14. The molecule has 1 aromatic heterocycles. The molecule has 0 aliphatic heterocycles. The average molecular weight is 299 g/mol. The van der Waals surface area contributed by atoms with Gasteiger partial charge < -0.3 is 0 Å². The van der Waals surface area contributed by atoms with Crippen molar-refractivity contribution in [2.24, 2.45) is 0 Å². The number of hydrogen-bond acceptors (Lipinski definition) is 2. The van der Waals surface area contributed by atoms with Gasteiger partial charge in [0, 0.05) is 0 Å². The molecule has 0 radical (unpaired) electrons. The van der Waals surface area contributed by atoms with Gasteiger partial charge in [0.25, 0.3) is 0 Å². The van der Waals surface area contributed by atoms with E-state index in [9.17, 15) is 0 Å². The molecule has 0 saturated heterocycles. The van der Waals surface area contributed by atoms with Crippen molar-refractivity contribution in [1.29, 1.82) is 0 Å². The van der Waals surface area contributed by atoms with Gasteiger partial charge >= 0.3 is 0 Å². The Labute approximate surface area is 75.4 Å². The third kappa shape index (κ3) is 1.86. The molecular formula is C5H4BrIN2. The molecule has 1 heterocycles. The van der Waals surface area contributed by atoms with E-state index in [1.807, 2.05) is 6.92 Å². The quantitative estimate of drug-likeness (QED) is 0.686. The highest BCUT2D eigenvalue weighted by Gasteiger charge is 1.95. The lowest BCUT2D eigenvalue weighted by Crippen LogP contribution is -1.88. The Morgan fingerprint density at radius 1 is 1.67 bits per heavy atom. The maximum atomic E-state index is 4.11. The van der Waals surface area contributed by atoms with Crippen LogP contribution in [0.5, 0.6) is 0 Å². The zero-order chi connectivity index (χ0) is 6.85. The van der Waals surface area contributed by atoms with Crippen LogP contribution in [0.15, 0.2) is 10.8 Å². The van der Waals surface area contributed by atoms with Gasteiger partial charge in [-0.3, -0.25) is 4.98 Å². The number of aromatic nitrogens is 2. The summed E-state index contributed by atoms with van der Waals surface area (Å²) in [5.41, 5.74) is 0.926. The Morgan fingerprint density at radius 3 is 2.78 bits per heavy atom. The smallest absolute Gasteiger partial charge is 0.128 e. The summed E-state index contributed by atoms with van der Waals surface area (Å²) in [6.45, 7) is 1.91. The van der Waals surface area contributed by atoms with Crippen LogP contribution in [0.3, 0.4) is 0 Å². The third-order valence-electron chi connectivity index (χ3n) is 0.868. The maximum Gasteiger partial charge on any atom is 0.128 e. The van der Waals surface area contributed by atoms with Gasteiger partial charge in [-0.15, -0.1) is 0 Å². The molecule has 0 aromatic carbocycles. The van der Waals surface area contributed by atoms with Gasteiger partial charge in [0.2, 0.25) is 0 Å². The first kappa shape index (κ1) is 7.40. The molecule has 2 nitrogen and oxygen atoms in total. The van der Waals surface area contributed by atoms with Crippen molar-refractivity contribution in [3.63, 3.8) is 0 Å². The summed E-state index contributed by atoms with van der Waals surface area (Å²) in [7, 11) is 0. The van der Waals surface area contributed by atoms with Crippen LogP contribution in [-0.4, -0.2) is 9.97 Å². The van der Waals surface area contributed by atoms with Crippen LogP contribution in [0.4, 0.5) is 0 Å². The van der Waals surface area contributed by atoms with E-state index in [2.05, 4.69) is 48.5 Å². The van der Waals surface area contributed by atoms with E-state index in [-0.39, 0.29) is 0 Å². The lowest BCUT2D eigenvalue weighted by Gasteiger charge is -1.93. The zero-order valence-electron chi connectivity index (χ0n) is 4.73. The molecule has 0 aliphatic rings. The van der Waals surface area contributed by atoms with Crippen LogP contribution in [0.1, 0.15) is 5.69 Å². The molecule has 4 heteroatoms. The first-order valence-electron chi connectivity index (χ1n) is 2.35. The van der Waals surface area contributed by atoms with Gasteiger partial charge in [-0.25, -0.2) is 4.98 Å².